The van der Waals surface area contributed by atoms with Crippen molar-refractivity contribution in [3.63, 3.8) is 0 Å². The van der Waals surface area contributed by atoms with Crippen LogP contribution in [0.15, 0.2) is 41.7 Å². The first kappa shape index (κ1) is 14.0. The number of nitrogens with two attached hydrogens (primary N) is 2. The van der Waals surface area contributed by atoms with Gasteiger partial charge >= 0.3 is 0 Å². The molecule has 0 aliphatic carbocycles. The van der Waals surface area contributed by atoms with E-state index in [1.54, 1.807) is 13.0 Å². The second kappa shape index (κ2) is 6.61. The highest BCUT2D eigenvalue weighted by molar-refractivity contribution is 5.28. The van der Waals surface area contributed by atoms with Gasteiger partial charge in [-0.2, -0.15) is 0 Å². The van der Waals surface area contributed by atoms with Crippen molar-refractivity contribution in [2.75, 3.05) is 6.61 Å². The van der Waals surface area contributed by atoms with Gasteiger partial charge in [-0.3, -0.25) is 5.84 Å². The number of hydrazine groups is 1. The van der Waals surface area contributed by atoms with Gasteiger partial charge in [-0.25, -0.2) is 8.78 Å². The number of hydrogen-bond donors (Lipinski definition) is 3. The number of para-hydroxylation sites is 1. The maximum atomic E-state index is 13.2. The molecule has 4 nitrogen and oxygen atoms in total. The molecule has 0 fully saturated rings. The summed E-state index contributed by atoms with van der Waals surface area (Å²) in [6.45, 7) is 1.74. The second-order valence-corrected chi connectivity index (χ2v) is 3.47. The van der Waals surface area contributed by atoms with Crippen LogP contribution in [-0.2, 0) is 0 Å². The summed E-state index contributed by atoms with van der Waals surface area (Å²) >= 11 is 0. The molecule has 0 unspecified atom stereocenters. The molecule has 0 saturated carbocycles. The number of allylic oxidation sites excluding steroid dienone is 1. The molecule has 1 aromatic carbocycles. The van der Waals surface area contributed by atoms with Crippen molar-refractivity contribution in [1.82, 2.24) is 5.43 Å². The first-order chi connectivity index (χ1) is 8.60. The quantitative estimate of drug-likeness (QED) is 0.424. The molecule has 5 N–H and O–H groups in total. The van der Waals surface area contributed by atoms with Crippen LogP contribution in [0, 0.1) is 11.6 Å². The van der Waals surface area contributed by atoms with Crippen LogP contribution in [0.25, 0.3) is 0 Å². The van der Waals surface area contributed by atoms with Crippen LogP contribution < -0.4 is 21.7 Å². The molecule has 0 bridgehead atoms. The van der Waals surface area contributed by atoms with Crippen molar-refractivity contribution in [2.45, 2.75) is 6.92 Å². The smallest absolute Gasteiger partial charge is 0.191 e. The van der Waals surface area contributed by atoms with E-state index in [1.807, 2.05) is 0 Å². The molecular formula is C12H15F2N3O. The van der Waals surface area contributed by atoms with E-state index in [2.05, 4.69) is 5.43 Å². The molecule has 0 heterocycles. The molecular weight excluding hydrogens is 240 g/mol. The first-order valence-electron chi connectivity index (χ1n) is 5.22. The van der Waals surface area contributed by atoms with E-state index in [1.165, 1.54) is 12.3 Å². The third-order valence-corrected chi connectivity index (χ3v) is 2.28. The molecule has 1 rings (SSSR count). The average Bonchev–Trinajstić information content (AvgIpc) is 2.34. The Morgan fingerprint density at radius 1 is 1.39 bits per heavy atom. The summed E-state index contributed by atoms with van der Waals surface area (Å²) in [5.41, 5.74) is 8.91. The lowest BCUT2D eigenvalue weighted by Gasteiger charge is -2.08. The topological polar surface area (TPSA) is 73.3 Å². The van der Waals surface area contributed by atoms with Crippen LogP contribution in [0.4, 0.5) is 8.78 Å². The summed E-state index contributed by atoms with van der Waals surface area (Å²) in [6, 6.07) is 3.52. The summed E-state index contributed by atoms with van der Waals surface area (Å²) in [5, 5.41) is 0. The van der Waals surface area contributed by atoms with E-state index in [9.17, 15) is 8.78 Å². The Balaban J connectivity index is 2.69. The van der Waals surface area contributed by atoms with Gasteiger partial charge in [0, 0.05) is 6.20 Å². The van der Waals surface area contributed by atoms with Gasteiger partial charge in [-0.15, -0.1) is 0 Å². The van der Waals surface area contributed by atoms with Gasteiger partial charge < -0.3 is 15.9 Å². The fraction of sp³-hybridized carbons (Fsp3) is 0.167. The van der Waals surface area contributed by atoms with Gasteiger partial charge in [0.05, 0.1) is 5.70 Å². The number of hydrogen-bond acceptors (Lipinski definition) is 4. The fourth-order valence-electron chi connectivity index (χ4n) is 1.27. The van der Waals surface area contributed by atoms with Crippen LogP contribution >= 0.6 is 0 Å². The zero-order valence-corrected chi connectivity index (χ0v) is 9.91. The van der Waals surface area contributed by atoms with E-state index in [0.29, 0.717) is 11.3 Å². The molecule has 0 atom stereocenters. The van der Waals surface area contributed by atoms with E-state index >= 15 is 0 Å². The molecule has 6 heteroatoms. The van der Waals surface area contributed by atoms with Crippen LogP contribution in [0.5, 0.6) is 5.75 Å². The summed E-state index contributed by atoms with van der Waals surface area (Å²) in [5.74, 6) is 3.33. The third-order valence-electron chi connectivity index (χ3n) is 2.28. The fourth-order valence-corrected chi connectivity index (χ4v) is 1.27. The van der Waals surface area contributed by atoms with E-state index in [-0.39, 0.29) is 6.61 Å². The largest absolute Gasteiger partial charge is 0.483 e. The third kappa shape index (κ3) is 3.46. The summed E-state index contributed by atoms with van der Waals surface area (Å²) in [6.07, 6.45) is 2.89. The molecule has 0 saturated heterocycles. The molecule has 0 aromatic heterocycles. The van der Waals surface area contributed by atoms with E-state index in [0.717, 1.165) is 12.1 Å². The Morgan fingerprint density at radius 3 is 2.50 bits per heavy atom. The van der Waals surface area contributed by atoms with E-state index < -0.39 is 17.4 Å². The lowest BCUT2D eigenvalue weighted by molar-refractivity contribution is 0.320. The van der Waals surface area contributed by atoms with Crippen molar-refractivity contribution in [1.29, 1.82) is 0 Å². The lowest BCUT2D eigenvalue weighted by Crippen LogP contribution is -2.23. The lowest BCUT2D eigenvalue weighted by atomic mass is 10.2. The molecule has 0 radical (unpaired) electrons. The molecule has 0 aliphatic rings. The highest BCUT2D eigenvalue weighted by Crippen LogP contribution is 2.20. The Labute approximate surface area is 104 Å². The van der Waals surface area contributed by atoms with Crippen molar-refractivity contribution < 1.29 is 13.5 Å². The van der Waals surface area contributed by atoms with Gasteiger partial charge in [-0.05, 0) is 30.7 Å². The van der Waals surface area contributed by atoms with Crippen molar-refractivity contribution in [2.24, 2.45) is 11.6 Å². The Morgan fingerprint density at radius 2 is 2.00 bits per heavy atom. The van der Waals surface area contributed by atoms with Crippen LogP contribution in [-0.4, -0.2) is 6.61 Å². The predicted molar refractivity (Wildman–Crippen MR) is 65.2 cm³/mol. The first-order valence-corrected chi connectivity index (χ1v) is 5.22. The van der Waals surface area contributed by atoms with Gasteiger partial charge in [0.15, 0.2) is 17.4 Å². The van der Waals surface area contributed by atoms with Crippen LogP contribution in [0.3, 0.4) is 0 Å². The minimum atomic E-state index is -0.743. The maximum absolute atomic E-state index is 13.2. The molecule has 98 valence electrons. The van der Waals surface area contributed by atoms with Gasteiger partial charge in [-0.1, -0.05) is 6.07 Å². The van der Waals surface area contributed by atoms with Crippen LogP contribution in [0.1, 0.15) is 6.92 Å². The van der Waals surface area contributed by atoms with Gasteiger partial charge in [0.25, 0.3) is 0 Å². The number of nitrogens with one attached hydrogen (secondary N) is 1. The Bertz CT molecular complexity index is 452. The summed E-state index contributed by atoms with van der Waals surface area (Å²) in [4.78, 5) is 0. The summed E-state index contributed by atoms with van der Waals surface area (Å²) < 4.78 is 31.4. The number of halogens is 2. The summed E-state index contributed by atoms with van der Waals surface area (Å²) in [7, 11) is 0. The predicted octanol–water partition coefficient (Wildman–Crippen LogP) is 1.55. The normalized spacial score (nSPS) is 12.4. The highest BCUT2D eigenvalue weighted by atomic mass is 19.1. The van der Waals surface area contributed by atoms with E-state index in [4.69, 9.17) is 16.3 Å². The Kier molecular flexibility index (Phi) is 5.13. The monoisotopic (exact) mass is 255 g/mol. The molecule has 0 aliphatic heterocycles. The van der Waals surface area contributed by atoms with Gasteiger partial charge in [0.1, 0.15) is 6.61 Å². The maximum Gasteiger partial charge on any atom is 0.191 e. The molecule has 0 amide bonds. The van der Waals surface area contributed by atoms with Crippen molar-refractivity contribution in [3.05, 3.63) is 53.4 Å². The average molecular weight is 255 g/mol. The second-order valence-electron chi connectivity index (χ2n) is 3.47. The minimum absolute atomic E-state index is 0.00269. The van der Waals surface area contributed by atoms with Crippen molar-refractivity contribution >= 4 is 0 Å². The molecule has 18 heavy (non-hydrogen) atoms. The van der Waals surface area contributed by atoms with Crippen LogP contribution in [0.2, 0.25) is 0 Å². The molecule has 1 aromatic rings. The Hall–Kier alpha value is -2.08. The zero-order valence-electron chi connectivity index (χ0n) is 9.91. The highest BCUT2D eigenvalue weighted by Gasteiger charge is 2.08. The minimum Gasteiger partial charge on any atom is -0.483 e. The van der Waals surface area contributed by atoms with Crippen molar-refractivity contribution in [3.8, 4) is 5.75 Å². The standard InChI is InChI=1S/C12H15F2N3O/c1-8(11(7-15)17-16)5-6-18-12-9(13)3-2-4-10(12)14/h2-5,7,17H,6,15-16H2,1H3/b8-5-,11-7+. The molecule has 0 spiro atoms. The number of rotatable bonds is 5. The zero-order chi connectivity index (χ0) is 13.5. The number of benzene rings is 1. The SMILES string of the molecule is CC(=C/COc1c(F)cccc1F)/C(=C\N)NN. The number of ether oxygens (including phenoxy) is 1. The van der Waals surface area contributed by atoms with Gasteiger partial charge in [0.2, 0.25) is 0 Å².